The van der Waals surface area contributed by atoms with E-state index in [9.17, 15) is 4.79 Å². The maximum atomic E-state index is 12.5. The molecule has 1 saturated heterocycles. The lowest BCUT2D eigenvalue weighted by Crippen LogP contribution is -2.34. The standard InChI is InChI=1S/C13H16Cl2N2O2/c1-19-12-8-11(15)10(14)7-9(12)13(18)17-5-2-3-16-4-6-17/h7-8,16H,2-6H2,1H3. The molecule has 6 heteroatoms. The number of halogens is 2. The molecule has 1 aliphatic rings. The van der Waals surface area contributed by atoms with Gasteiger partial charge in [-0.05, 0) is 19.0 Å². The van der Waals surface area contributed by atoms with Crippen LogP contribution in [-0.2, 0) is 0 Å². The smallest absolute Gasteiger partial charge is 0.257 e. The van der Waals surface area contributed by atoms with Crippen molar-refractivity contribution in [2.45, 2.75) is 6.42 Å². The molecular weight excluding hydrogens is 287 g/mol. The van der Waals surface area contributed by atoms with Gasteiger partial charge in [-0.25, -0.2) is 0 Å². The summed E-state index contributed by atoms with van der Waals surface area (Å²) in [7, 11) is 1.51. The van der Waals surface area contributed by atoms with Crippen LogP contribution in [0.4, 0.5) is 0 Å². The van der Waals surface area contributed by atoms with Crippen molar-refractivity contribution < 1.29 is 9.53 Å². The second-order valence-corrected chi connectivity index (χ2v) is 5.18. The summed E-state index contributed by atoms with van der Waals surface area (Å²) in [5.74, 6) is 0.385. The summed E-state index contributed by atoms with van der Waals surface area (Å²) in [6.45, 7) is 3.15. The van der Waals surface area contributed by atoms with Crippen LogP contribution in [0.5, 0.6) is 5.75 Å². The van der Waals surface area contributed by atoms with Gasteiger partial charge in [-0.2, -0.15) is 0 Å². The highest BCUT2D eigenvalue weighted by Gasteiger charge is 2.21. The van der Waals surface area contributed by atoms with E-state index in [-0.39, 0.29) is 5.91 Å². The van der Waals surface area contributed by atoms with E-state index < -0.39 is 0 Å². The van der Waals surface area contributed by atoms with Crippen LogP contribution in [0.15, 0.2) is 12.1 Å². The van der Waals surface area contributed by atoms with Gasteiger partial charge in [0.25, 0.3) is 5.91 Å². The van der Waals surface area contributed by atoms with Crippen molar-refractivity contribution in [3.63, 3.8) is 0 Å². The minimum Gasteiger partial charge on any atom is -0.496 e. The van der Waals surface area contributed by atoms with Gasteiger partial charge in [-0.1, -0.05) is 23.2 Å². The summed E-state index contributed by atoms with van der Waals surface area (Å²) < 4.78 is 5.22. The summed E-state index contributed by atoms with van der Waals surface area (Å²) in [6, 6.07) is 3.15. The number of hydrogen-bond acceptors (Lipinski definition) is 3. The number of nitrogens with one attached hydrogen (secondary N) is 1. The Morgan fingerprint density at radius 2 is 2.00 bits per heavy atom. The van der Waals surface area contributed by atoms with E-state index in [4.69, 9.17) is 27.9 Å². The lowest BCUT2D eigenvalue weighted by atomic mass is 10.1. The monoisotopic (exact) mass is 302 g/mol. The van der Waals surface area contributed by atoms with Gasteiger partial charge >= 0.3 is 0 Å². The first kappa shape index (κ1) is 14.4. The SMILES string of the molecule is COc1cc(Cl)c(Cl)cc1C(=O)N1CCCNCC1. The number of rotatable bonds is 2. The Morgan fingerprint density at radius 1 is 1.26 bits per heavy atom. The molecule has 0 radical (unpaired) electrons. The fourth-order valence-corrected chi connectivity index (χ4v) is 2.40. The van der Waals surface area contributed by atoms with Crippen molar-refractivity contribution in [1.29, 1.82) is 0 Å². The average Bonchev–Trinajstić information content (AvgIpc) is 2.69. The van der Waals surface area contributed by atoms with Crippen molar-refractivity contribution in [2.24, 2.45) is 0 Å². The van der Waals surface area contributed by atoms with Crippen LogP contribution in [0, 0.1) is 0 Å². The molecule has 0 aromatic heterocycles. The molecule has 0 bridgehead atoms. The van der Waals surface area contributed by atoms with Crippen LogP contribution in [0.2, 0.25) is 10.0 Å². The maximum absolute atomic E-state index is 12.5. The molecule has 1 aromatic carbocycles. The van der Waals surface area contributed by atoms with Crippen LogP contribution in [0.25, 0.3) is 0 Å². The Hall–Kier alpha value is -0.970. The highest BCUT2D eigenvalue weighted by Crippen LogP contribution is 2.31. The molecule has 0 aliphatic carbocycles. The van der Waals surface area contributed by atoms with E-state index in [1.54, 1.807) is 12.1 Å². The van der Waals surface area contributed by atoms with Crippen LogP contribution in [0.3, 0.4) is 0 Å². The van der Waals surface area contributed by atoms with E-state index in [0.717, 1.165) is 26.1 Å². The third kappa shape index (κ3) is 3.32. The Bertz CT molecular complexity index is 472. The van der Waals surface area contributed by atoms with Gasteiger partial charge < -0.3 is 15.0 Å². The number of carbonyl (C=O) groups is 1. The molecule has 2 rings (SSSR count). The zero-order valence-corrected chi connectivity index (χ0v) is 12.2. The Balaban J connectivity index is 2.29. The molecular formula is C13H16Cl2N2O2. The summed E-state index contributed by atoms with van der Waals surface area (Å²) >= 11 is 11.9. The van der Waals surface area contributed by atoms with Crippen molar-refractivity contribution in [1.82, 2.24) is 10.2 Å². The van der Waals surface area contributed by atoms with Gasteiger partial charge in [0.05, 0.1) is 22.7 Å². The molecule has 0 atom stereocenters. The van der Waals surface area contributed by atoms with E-state index in [2.05, 4.69) is 5.32 Å². The number of methoxy groups -OCH3 is 1. The number of benzene rings is 1. The number of carbonyl (C=O) groups excluding carboxylic acids is 1. The number of hydrogen-bond donors (Lipinski definition) is 1. The molecule has 1 amide bonds. The second kappa shape index (κ2) is 6.46. The zero-order chi connectivity index (χ0) is 13.8. The average molecular weight is 303 g/mol. The highest BCUT2D eigenvalue weighted by atomic mass is 35.5. The molecule has 0 spiro atoms. The Morgan fingerprint density at radius 3 is 2.74 bits per heavy atom. The molecule has 1 fully saturated rings. The van der Waals surface area contributed by atoms with Crippen molar-refractivity contribution in [3.8, 4) is 5.75 Å². The van der Waals surface area contributed by atoms with Crippen molar-refractivity contribution >= 4 is 29.1 Å². The molecule has 1 heterocycles. The number of nitrogens with zero attached hydrogens (tertiary/aromatic N) is 1. The van der Waals surface area contributed by atoms with Crippen LogP contribution < -0.4 is 10.1 Å². The zero-order valence-electron chi connectivity index (χ0n) is 10.7. The second-order valence-electron chi connectivity index (χ2n) is 4.36. The normalized spacial score (nSPS) is 16.1. The minimum atomic E-state index is -0.0703. The number of ether oxygens (including phenoxy) is 1. The van der Waals surface area contributed by atoms with Crippen molar-refractivity contribution in [3.05, 3.63) is 27.7 Å². The summed E-state index contributed by atoms with van der Waals surface area (Å²) in [4.78, 5) is 14.3. The van der Waals surface area contributed by atoms with Crippen LogP contribution in [0.1, 0.15) is 16.8 Å². The van der Waals surface area contributed by atoms with E-state index in [1.165, 1.54) is 7.11 Å². The molecule has 0 saturated carbocycles. The van der Waals surface area contributed by atoms with Crippen LogP contribution in [-0.4, -0.2) is 44.1 Å². The van der Waals surface area contributed by atoms with Gasteiger partial charge in [0.1, 0.15) is 5.75 Å². The lowest BCUT2D eigenvalue weighted by Gasteiger charge is -2.21. The van der Waals surface area contributed by atoms with Gasteiger partial charge in [0.15, 0.2) is 0 Å². The summed E-state index contributed by atoms with van der Waals surface area (Å²) in [5.41, 5.74) is 0.457. The molecule has 1 N–H and O–H groups in total. The molecule has 0 unspecified atom stereocenters. The summed E-state index contributed by atoms with van der Waals surface area (Å²) in [5, 5.41) is 4.00. The maximum Gasteiger partial charge on any atom is 0.257 e. The molecule has 104 valence electrons. The largest absolute Gasteiger partial charge is 0.496 e. The Kier molecular flexibility index (Phi) is 4.91. The first-order valence-electron chi connectivity index (χ1n) is 6.16. The quantitative estimate of drug-likeness (QED) is 0.912. The van der Waals surface area contributed by atoms with Crippen LogP contribution >= 0.6 is 23.2 Å². The summed E-state index contributed by atoms with van der Waals surface area (Å²) in [6.07, 6.45) is 0.940. The minimum absolute atomic E-state index is 0.0703. The van der Waals surface area contributed by atoms with Crippen molar-refractivity contribution in [2.75, 3.05) is 33.3 Å². The fourth-order valence-electron chi connectivity index (χ4n) is 2.08. The van der Waals surface area contributed by atoms with Gasteiger partial charge in [0, 0.05) is 25.7 Å². The highest BCUT2D eigenvalue weighted by molar-refractivity contribution is 6.42. The first-order chi connectivity index (χ1) is 9.13. The third-order valence-corrected chi connectivity index (χ3v) is 3.82. The third-order valence-electron chi connectivity index (χ3n) is 3.10. The van der Waals surface area contributed by atoms with E-state index >= 15 is 0 Å². The van der Waals surface area contributed by atoms with Gasteiger partial charge in [-0.3, -0.25) is 4.79 Å². The number of amides is 1. The Labute approximate surface area is 122 Å². The molecule has 4 nitrogen and oxygen atoms in total. The molecule has 19 heavy (non-hydrogen) atoms. The van der Waals surface area contributed by atoms with Gasteiger partial charge in [-0.15, -0.1) is 0 Å². The van der Waals surface area contributed by atoms with E-state index in [1.807, 2.05) is 4.90 Å². The predicted octanol–water partition coefficient (Wildman–Crippen LogP) is 2.44. The lowest BCUT2D eigenvalue weighted by molar-refractivity contribution is 0.0763. The topological polar surface area (TPSA) is 41.6 Å². The van der Waals surface area contributed by atoms with Gasteiger partial charge in [0.2, 0.25) is 0 Å². The van der Waals surface area contributed by atoms with E-state index in [0.29, 0.717) is 27.9 Å². The molecule has 1 aromatic rings. The fraction of sp³-hybridized carbons (Fsp3) is 0.462. The molecule has 1 aliphatic heterocycles. The predicted molar refractivity (Wildman–Crippen MR) is 76.4 cm³/mol. The first-order valence-corrected chi connectivity index (χ1v) is 6.92.